The zero-order valence-corrected chi connectivity index (χ0v) is 19.9. The highest BCUT2D eigenvalue weighted by Gasteiger charge is 2.33. The van der Waals surface area contributed by atoms with E-state index in [2.05, 4.69) is 10.6 Å². The Morgan fingerprint density at radius 1 is 0.971 bits per heavy atom. The fraction of sp³-hybridized carbons (Fsp3) is 0.308. The van der Waals surface area contributed by atoms with Crippen molar-refractivity contribution in [2.45, 2.75) is 19.6 Å². The van der Waals surface area contributed by atoms with Gasteiger partial charge in [0.2, 0.25) is 0 Å². The maximum absolute atomic E-state index is 13.5. The Morgan fingerprint density at radius 2 is 1.74 bits per heavy atom. The predicted molar refractivity (Wildman–Crippen MR) is 130 cm³/mol. The molecule has 1 aliphatic rings. The Hall–Kier alpha value is -3.78. The molecule has 176 valence electrons. The topological polar surface area (TPSA) is 76.6 Å². The fourth-order valence-electron chi connectivity index (χ4n) is 4.94. The first kappa shape index (κ1) is 22.0. The largest absolute Gasteiger partial charge is 0.493 e. The van der Waals surface area contributed by atoms with E-state index < -0.39 is 6.10 Å². The minimum Gasteiger partial charge on any atom is -0.493 e. The Balaban J connectivity index is 1.89. The van der Waals surface area contributed by atoms with Gasteiger partial charge in [0.15, 0.2) is 11.5 Å². The highest BCUT2D eigenvalue weighted by atomic mass is 16.5. The minimum absolute atomic E-state index is 0.317. The highest BCUT2D eigenvalue weighted by Crippen LogP contribution is 2.42. The van der Waals surface area contributed by atoms with E-state index in [9.17, 15) is 9.59 Å². The van der Waals surface area contributed by atoms with Gasteiger partial charge in [-0.3, -0.25) is 13.9 Å². The molecule has 8 nitrogen and oxygen atoms in total. The van der Waals surface area contributed by atoms with Gasteiger partial charge < -0.3 is 18.8 Å². The van der Waals surface area contributed by atoms with Crippen LogP contribution < -0.4 is 20.7 Å². The third-order valence-corrected chi connectivity index (χ3v) is 6.55. The quantitative estimate of drug-likeness (QED) is 0.467. The standard InChI is InChI=1S/C26H27N3O5/c1-15-7-6-8-16(13-15)21-20-22(27(2)26(31)28(3)25(20)30)23-24(34-12-11-29(21)23)17-9-10-18(32-4)19(14-17)33-5/h6-10,13-14,24H,11-12H2,1-5H3/t24-/m1/s1. The van der Waals surface area contributed by atoms with Crippen LogP contribution in [0.3, 0.4) is 0 Å². The number of aryl methyl sites for hydroxylation is 2. The van der Waals surface area contributed by atoms with E-state index in [-0.39, 0.29) is 11.2 Å². The second-order valence-corrected chi connectivity index (χ2v) is 8.55. The van der Waals surface area contributed by atoms with E-state index in [1.807, 2.05) is 43.3 Å². The van der Waals surface area contributed by atoms with Gasteiger partial charge >= 0.3 is 5.69 Å². The van der Waals surface area contributed by atoms with E-state index in [1.165, 1.54) is 11.6 Å². The molecule has 5 rings (SSSR count). The van der Waals surface area contributed by atoms with Crippen LogP contribution in [0.2, 0.25) is 0 Å². The molecule has 1 atom stereocenters. The van der Waals surface area contributed by atoms with Crippen molar-refractivity contribution in [1.29, 1.82) is 0 Å². The Labute approximate surface area is 196 Å². The number of methoxy groups -OCH3 is 2. The lowest BCUT2D eigenvalue weighted by atomic mass is 10.0. The lowest BCUT2D eigenvalue weighted by Gasteiger charge is -2.28. The van der Waals surface area contributed by atoms with Gasteiger partial charge in [-0.25, -0.2) is 4.79 Å². The summed E-state index contributed by atoms with van der Waals surface area (Å²) in [6, 6.07) is 13.7. The second-order valence-electron chi connectivity index (χ2n) is 8.55. The summed E-state index contributed by atoms with van der Waals surface area (Å²) in [7, 11) is 6.39. The molecule has 0 saturated heterocycles. The predicted octanol–water partition coefficient (Wildman–Crippen LogP) is 3.15. The molecule has 0 radical (unpaired) electrons. The highest BCUT2D eigenvalue weighted by molar-refractivity contribution is 5.96. The molecule has 0 fully saturated rings. The first-order valence-corrected chi connectivity index (χ1v) is 11.1. The van der Waals surface area contributed by atoms with Crippen LogP contribution in [-0.2, 0) is 25.4 Å². The number of hydrogen-bond donors (Lipinski definition) is 0. The van der Waals surface area contributed by atoms with Crippen molar-refractivity contribution in [3.8, 4) is 22.8 Å². The third kappa shape index (κ3) is 3.17. The molecule has 0 unspecified atom stereocenters. The van der Waals surface area contributed by atoms with Gasteiger partial charge in [0.25, 0.3) is 5.56 Å². The van der Waals surface area contributed by atoms with Crippen LogP contribution in [0.1, 0.15) is 22.9 Å². The van der Waals surface area contributed by atoms with Crippen LogP contribution in [0.15, 0.2) is 52.1 Å². The SMILES string of the molecule is COc1ccc([C@H]2OCCn3c(-c4cccc(C)c4)c4c(=O)n(C)c(=O)n(C)c4c32)cc1OC. The molecule has 0 bridgehead atoms. The van der Waals surface area contributed by atoms with Crippen molar-refractivity contribution in [3.05, 3.63) is 80.1 Å². The lowest BCUT2D eigenvalue weighted by molar-refractivity contribution is 0.0477. The van der Waals surface area contributed by atoms with Crippen molar-refractivity contribution in [3.63, 3.8) is 0 Å². The number of hydrogen-bond acceptors (Lipinski definition) is 5. The van der Waals surface area contributed by atoms with E-state index in [0.717, 1.165) is 28.1 Å². The van der Waals surface area contributed by atoms with Gasteiger partial charge in [-0.2, -0.15) is 0 Å². The van der Waals surface area contributed by atoms with Gasteiger partial charge in [0, 0.05) is 20.6 Å². The molecule has 0 N–H and O–H groups in total. The van der Waals surface area contributed by atoms with E-state index in [1.54, 1.807) is 25.8 Å². The molecule has 0 aliphatic carbocycles. The number of ether oxygens (including phenoxy) is 3. The van der Waals surface area contributed by atoms with Crippen LogP contribution in [0, 0.1) is 6.92 Å². The van der Waals surface area contributed by atoms with Crippen LogP contribution in [0.5, 0.6) is 11.5 Å². The summed E-state index contributed by atoms with van der Waals surface area (Å²) < 4.78 is 22.0. The number of benzene rings is 2. The molecule has 2 aromatic heterocycles. The van der Waals surface area contributed by atoms with Crippen LogP contribution in [0.4, 0.5) is 0 Å². The molecule has 0 saturated carbocycles. The molecule has 4 aromatic rings. The summed E-state index contributed by atoms with van der Waals surface area (Å²) >= 11 is 0. The van der Waals surface area contributed by atoms with Crippen molar-refractivity contribution in [2.75, 3.05) is 20.8 Å². The number of rotatable bonds is 4. The summed E-state index contributed by atoms with van der Waals surface area (Å²) in [6.07, 6.45) is -0.493. The number of fused-ring (bicyclic) bond motifs is 3. The summed E-state index contributed by atoms with van der Waals surface area (Å²) in [5.74, 6) is 1.20. The van der Waals surface area contributed by atoms with Crippen LogP contribution in [-0.4, -0.2) is 34.5 Å². The first-order chi connectivity index (χ1) is 16.4. The molecule has 8 heteroatoms. The fourth-order valence-corrected chi connectivity index (χ4v) is 4.94. The zero-order valence-electron chi connectivity index (χ0n) is 19.9. The van der Waals surface area contributed by atoms with Gasteiger partial charge in [-0.1, -0.05) is 29.8 Å². The molecule has 2 aromatic carbocycles. The first-order valence-electron chi connectivity index (χ1n) is 11.1. The summed E-state index contributed by atoms with van der Waals surface area (Å²) in [6.45, 7) is 3.05. The average Bonchev–Trinajstić information content (AvgIpc) is 3.21. The van der Waals surface area contributed by atoms with Crippen molar-refractivity contribution < 1.29 is 14.2 Å². The second kappa shape index (κ2) is 8.22. The number of nitrogens with zero attached hydrogens (tertiary/aromatic N) is 3. The van der Waals surface area contributed by atoms with E-state index >= 15 is 0 Å². The third-order valence-electron chi connectivity index (χ3n) is 6.55. The molecular weight excluding hydrogens is 434 g/mol. The van der Waals surface area contributed by atoms with Crippen LogP contribution >= 0.6 is 0 Å². The van der Waals surface area contributed by atoms with Gasteiger partial charge in [0.1, 0.15) is 6.10 Å². The molecular formula is C26H27N3O5. The van der Waals surface area contributed by atoms with Gasteiger partial charge in [-0.05, 0) is 36.2 Å². The van der Waals surface area contributed by atoms with E-state index in [4.69, 9.17) is 14.2 Å². The molecule has 0 amide bonds. The van der Waals surface area contributed by atoms with Crippen molar-refractivity contribution >= 4 is 10.9 Å². The Bertz CT molecular complexity index is 1540. The van der Waals surface area contributed by atoms with E-state index in [0.29, 0.717) is 35.6 Å². The van der Waals surface area contributed by atoms with Crippen molar-refractivity contribution in [1.82, 2.24) is 13.7 Å². The van der Waals surface area contributed by atoms with Crippen molar-refractivity contribution in [2.24, 2.45) is 14.1 Å². The van der Waals surface area contributed by atoms with Gasteiger partial charge in [0.05, 0.1) is 43.1 Å². The Kier molecular flexibility index (Phi) is 5.32. The average molecular weight is 462 g/mol. The molecule has 34 heavy (non-hydrogen) atoms. The Morgan fingerprint density at radius 3 is 2.44 bits per heavy atom. The summed E-state index contributed by atoms with van der Waals surface area (Å²) in [5, 5.41) is 0.515. The summed E-state index contributed by atoms with van der Waals surface area (Å²) in [5.41, 5.74) is 4.35. The zero-order chi connectivity index (χ0) is 24.1. The monoisotopic (exact) mass is 461 g/mol. The smallest absolute Gasteiger partial charge is 0.331 e. The van der Waals surface area contributed by atoms with Crippen LogP contribution in [0.25, 0.3) is 22.2 Å². The maximum atomic E-state index is 13.5. The lowest BCUT2D eigenvalue weighted by Crippen LogP contribution is -2.37. The normalized spacial score (nSPS) is 15.4. The van der Waals surface area contributed by atoms with Gasteiger partial charge in [-0.15, -0.1) is 0 Å². The molecule has 1 aliphatic heterocycles. The summed E-state index contributed by atoms with van der Waals surface area (Å²) in [4.78, 5) is 26.4. The maximum Gasteiger partial charge on any atom is 0.331 e. The number of aromatic nitrogens is 3. The minimum atomic E-state index is -0.493. The molecule has 3 heterocycles. The molecule has 0 spiro atoms.